The molecule has 0 fully saturated rings. The summed E-state index contributed by atoms with van der Waals surface area (Å²) in [5.74, 6) is -2.46. The molecular formula is C15H21ClF2N2O3. The van der Waals surface area contributed by atoms with Gasteiger partial charge in [0.1, 0.15) is 11.6 Å². The number of carbonyl (C=O) groups is 2. The highest BCUT2D eigenvalue weighted by Gasteiger charge is 2.13. The van der Waals surface area contributed by atoms with Crippen LogP contribution in [0.4, 0.5) is 8.78 Å². The van der Waals surface area contributed by atoms with Crippen molar-refractivity contribution in [3.8, 4) is 0 Å². The SMILES string of the molecule is COCCNCCNC(=O)CCC(=O)c1ccc(F)cc1F.Cl. The van der Waals surface area contributed by atoms with Gasteiger partial charge in [-0.25, -0.2) is 8.78 Å². The predicted octanol–water partition coefficient (Wildman–Crippen LogP) is 1.70. The summed E-state index contributed by atoms with van der Waals surface area (Å²) in [5, 5.41) is 5.70. The molecule has 0 aliphatic carbocycles. The van der Waals surface area contributed by atoms with Crippen LogP contribution in [-0.4, -0.2) is 45.0 Å². The van der Waals surface area contributed by atoms with Crippen molar-refractivity contribution in [2.24, 2.45) is 0 Å². The molecule has 23 heavy (non-hydrogen) atoms. The van der Waals surface area contributed by atoms with Crippen LogP contribution in [0.1, 0.15) is 23.2 Å². The number of Topliss-reactive ketones (excluding diaryl/α,β-unsaturated/α-hetero) is 1. The maximum absolute atomic E-state index is 13.4. The molecule has 0 heterocycles. The molecule has 1 aromatic rings. The summed E-state index contributed by atoms with van der Waals surface area (Å²) in [4.78, 5) is 23.3. The lowest BCUT2D eigenvalue weighted by Gasteiger charge is -2.07. The first-order chi connectivity index (χ1) is 10.5. The smallest absolute Gasteiger partial charge is 0.220 e. The molecule has 1 rings (SSSR count). The van der Waals surface area contributed by atoms with Gasteiger partial charge in [-0.15, -0.1) is 12.4 Å². The molecule has 1 amide bonds. The molecule has 1 aromatic carbocycles. The van der Waals surface area contributed by atoms with Crippen molar-refractivity contribution in [1.29, 1.82) is 0 Å². The molecular weight excluding hydrogens is 330 g/mol. The molecule has 130 valence electrons. The minimum absolute atomic E-state index is 0. The zero-order valence-electron chi connectivity index (χ0n) is 12.9. The van der Waals surface area contributed by atoms with E-state index in [1.54, 1.807) is 7.11 Å². The second-order valence-electron chi connectivity index (χ2n) is 4.64. The molecule has 2 N–H and O–H groups in total. The fraction of sp³-hybridized carbons (Fsp3) is 0.467. The van der Waals surface area contributed by atoms with E-state index in [4.69, 9.17) is 4.74 Å². The Morgan fingerprint density at radius 1 is 1.13 bits per heavy atom. The molecule has 0 unspecified atom stereocenters. The maximum atomic E-state index is 13.4. The quantitative estimate of drug-likeness (QED) is 0.498. The van der Waals surface area contributed by atoms with Crippen LogP contribution in [0.15, 0.2) is 18.2 Å². The lowest BCUT2D eigenvalue weighted by Crippen LogP contribution is -2.33. The van der Waals surface area contributed by atoms with Gasteiger partial charge >= 0.3 is 0 Å². The fourth-order valence-electron chi connectivity index (χ4n) is 1.76. The third-order valence-electron chi connectivity index (χ3n) is 2.92. The molecule has 0 atom stereocenters. The van der Waals surface area contributed by atoms with Gasteiger partial charge in [0.15, 0.2) is 5.78 Å². The number of rotatable bonds is 10. The van der Waals surface area contributed by atoms with Gasteiger partial charge in [-0.2, -0.15) is 0 Å². The van der Waals surface area contributed by atoms with E-state index in [9.17, 15) is 18.4 Å². The summed E-state index contributed by atoms with van der Waals surface area (Å²) < 4.78 is 31.0. The summed E-state index contributed by atoms with van der Waals surface area (Å²) in [7, 11) is 1.60. The molecule has 0 aliphatic heterocycles. The predicted molar refractivity (Wildman–Crippen MR) is 84.9 cm³/mol. The van der Waals surface area contributed by atoms with Crippen LogP contribution in [0.3, 0.4) is 0 Å². The molecule has 8 heteroatoms. The molecule has 5 nitrogen and oxygen atoms in total. The van der Waals surface area contributed by atoms with Gasteiger partial charge in [0, 0.05) is 45.7 Å². The van der Waals surface area contributed by atoms with E-state index in [1.807, 2.05) is 0 Å². The number of methoxy groups -OCH3 is 1. The van der Waals surface area contributed by atoms with Gasteiger partial charge < -0.3 is 15.4 Å². The number of nitrogens with one attached hydrogen (secondary N) is 2. The Labute approximate surface area is 140 Å². The summed E-state index contributed by atoms with van der Waals surface area (Å²) in [5.41, 5.74) is -0.199. The number of ether oxygens (including phenoxy) is 1. The molecule has 0 spiro atoms. The van der Waals surface area contributed by atoms with Crippen molar-refractivity contribution >= 4 is 24.1 Å². The Hall–Kier alpha value is -1.57. The average molecular weight is 351 g/mol. The third-order valence-corrected chi connectivity index (χ3v) is 2.92. The number of carbonyl (C=O) groups excluding carboxylic acids is 2. The second kappa shape index (κ2) is 11.9. The van der Waals surface area contributed by atoms with Gasteiger partial charge in [0.25, 0.3) is 0 Å². The highest BCUT2D eigenvalue weighted by molar-refractivity contribution is 5.98. The van der Waals surface area contributed by atoms with Crippen LogP contribution >= 0.6 is 12.4 Å². The van der Waals surface area contributed by atoms with Crippen LogP contribution in [-0.2, 0) is 9.53 Å². The minimum atomic E-state index is -0.909. The minimum Gasteiger partial charge on any atom is -0.383 e. The fourth-order valence-corrected chi connectivity index (χ4v) is 1.76. The third kappa shape index (κ3) is 8.59. The van der Waals surface area contributed by atoms with E-state index in [0.29, 0.717) is 32.3 Å². The van der Waals surface area contributed by atoms with Crippen molar-refractivity contribution in [2.45, 2.75) is 12.8 Å². The van der Waals surface area contributed by atoms with Gasteiger partial charge in [-0.05, 0) is 12.1 Å². The van der Waals surface area contributed by atoms with Gasteiger partial charge in [0.2, 0.25) is 5.91 Å². The Bertz CT molecular complexity index is 515. The average Bonchev–Trinajstić information content (AvgIpc) is 2.48. The van der Waals surface area contributed by atoms with Gasteiger partial charge in [-0.3, -0.25) is 9.59 Å². The van der Waals surface area contributed by atoms with E-state index >= 15 is 0 Å². The first kappa shape index (κ1) is 21.4. The van der Waals surface area contributed by atoms with E-state index in [-0.39, 0.29) is 36.7 Å². The topological polar surface area (TPSA) is 67.4 Å². The van der Waals surface area contributed by atoms with Crippen LogP contribution in [0.25, 0.3) is 0 Å². The molecule has 0 saturated carbocycles. The Balaban J connectivity index is 0.00000484. The van der Waals surface area contributed by atoms with E-state index in [0.717, 1.165) is 12.1 Å². The van der Waals surface area contributed by atoms with Crippen LogP contribution in [0, 0.1) is 11.6 Å². The summed E-state index contributed by atoms with van der Waals surface area (Å²) >= 11 is 0. The number of hydrogen-bond donors (Lipinski definition) is 2. The van der Waals surface area contributed by atoms with Crippen LogP contribution in [0.2, 0.25) is 0 Å². The van der Waals surface area contributed by atoms with Crippen molar-refractivity contribution < 1.29 is 23.1 Å². The first-order valence-electron chi connectivity index (χ1n) is 6.99. The Morgan fingerprint density at radius 3 is 2.52 bits per heavy atom. The largest absolute Gasteiger partial charge is 0.383 e. The van der Waals surface area contributed by atoms with Crippen molar-refractivity contribution in [2.75, 3.05) is 33.4 Å². The normalized spacial score (nSPS) is 10.0. The maximum Gasteiger partial charge on any atom is 0.220 e. The molecule has 0 bridgehead atoms. The van der Waals surface area contributed by atoms with E-state index in [2.05, 4.69) is 10.6 Å². The number of hydrogen-bond acceptors (Lipinski definition) is 4. The van der Waals surface area contributed by atoms with Crippen molar-refractivity contribution in [3.63, 3.8) is 0 Å². The lowest BCUT2D eigenvalue weighted by molar-refractivity contribution is -0.121. The van der Waals surface area contributed by atoms with Crippen LogP contribution in [0.5, 0.6) is 0 Å². The zero-order chi connectivity index (χ0) is 16.4. The Kier molecular flexibility index (Phi) is 11.1. The second-order valence-corrected chi connectivity index (χ2v) is 4.64. The first-order valence-corrected chi connectivity index (χ1v) is 6.99. The van der Waals surface area contributed by atoms with Gasteiger partial charge in [-0.1, -0.05) is 0 Å². The molecule has 0 aromatic heterocycles. The summed E-state index contributed by atoms with van der Waals surface area (Å²) in [6.45, 7) is 2.30. The molecule has 0 radical (unpaired) electrons. The number of ketones is 1. The van der Waals surface area contributed by atoms with Crippen molar-refractivity contribution in [3.05, 3.63) is 35.4 Å². The number of benzene rings is 1. The summed E-state index contributed by atoms with van der Waals surface area (Å²) in [6.07, 6.45) is -0.154. The Morgan fingerprint density at radius 2 is 1.87 bits per heavy atom. The number of amides is 1. The number of halogens is 3. The standard InChI is InChI=1S/C15H20F2N2O3.ClH/c1-22-9-8-18-6-7-19-15(21)5-4-14(20)12-3-2-11(16)10-13(12)17;/h2-3,10,18H,4-9H2,1H3,(H,19,21);1H. The highest BCUT2D eigenvalue weighted by Crippen LogP contribution is 2.12. The van der Waals surface area contributed by atoms with E-state index in [1.165, 1.54) is 0 Å². The highest BCUT2D eigenvalue weighted by atomic mass is 35.5. The lowest BCUT2D eigenvalue weighted by atomic mass is 10.1. The zero-order valence-corrected chi connectivity index (χ0v) is 13.7. The molecule has 0 aliphatic rings. The van der Waals surface area contributed by atoms with Gasteiger partial charge in [0.05, 0.1) is 12.2 Å². The molecule has 0 saturated heterocycles. The van der Waals surface area contributed by atoms with Crippen molar-refractivity contribution in [1.82, 2.24) is 10.6 Å². The van der Waals surface area contributed by atoms with Crippen LogP contribution < -0.4 is 10.6 Å². The monoisotopic (exact) mass is 350 g/mol. The summed E-state index contributed by atoms with van der Waals surface area (Å²) in [6, 6.07) is 2.76. The van der Waals surface area contributed by atoms with E-state index < -0.39 is 17.4 Å².